The lowest BCUT2D eigenvalue weighted by Crippen LogP contribution is -2.17. The lowest BCUT2D eigenvalue weighted by Gasteiger charge is -2.11. The molecule has 42 heavy (non-hydrogen) atoms. The Labute approximate surface area is 248 Å². The molecule has 214 valence electrons. The van der Waals surface area contributed by atoms with E-state index in [4.69, 9.17) is 16.6 Å². The zero-order chi connectivity index (χ0) is 29.6. The van der Waals surface area contributed by atoms with Crippen molar-refractivity contribution in [2.45, 2.75) is 12.8 Å². The van der Waals surface area contributed by atoms with Gasteiger partial charge in [0.25, 0.3) is 5.91 Å². The van der Waals surface area contributed by atoms with Gasteiger partial charge < -0.3 is 25.4 Å². The lowest BCUT2D eigenvalue weighted by molar-refractivity contribution is -0.116. The number of hydrogen-bond donors (Lipinski definition) is 3. The molecule has 0 aliphatic carbocycles. The van der Waals surface area contributed by atoms with Crippen LogP contribution in [0.25, 0.3) is 22.4 Å². The maximum atomic E-state index is 12.9. The Morgan fingerprint density at radius 1 is 0.929 bits per heavy atom. The highest BCUT2D eigenvalue weighted by Gasteiger charge is 2.13. The monoisotopic (exact) mass is 582 g/mol. The lowest BCUT2D eigenvalue weighted by atomic mass is 10.1. The summed E-state index contributed by atoms with van der Waals surface area (Å²) in [6, 6.07) is 19.9. The molecule has 5 rings (SSSR count). The van der Waals surface area contributed by atoms with Gasteiger partial charge in [-0.2, -0.15) is 0 Å². The number of halogens is 1. The van der Waals surface area contributed by atoms with Crippen LogP contribution < -0.4 is 16.0 Å². The molecule has 2 aromatic carbocycles. The highest BCUT2D eigenvalue weighted by molar-refractivity contribution is 6.32. The number of anilines is 4. The molecular formula is C31H31ClN8O2. The summed E-state index contributed by atoms with van der Waals surface area (Å²) in [5, 5.41) is 10.4. The predicted molar refractivity (Wildman–Crippen MR) is 167 cm³/mol. The first-order valence-corrected chi connectivity index (χ1v) is 13.8. The van der Waals surface area contributed by atoms with Crippen LogP contribution in [0.1, 0.15) is 23.2 Å². The number of aryl methyl sites for hydroxylation is 1. The van der Waals surface area contributed by atoms with Crippen molar-refractivity contribution in [1.82, 2.24) is 24.4 Å². The molecule has 11 heteroatoms. The van der Waals surface area contributed by atoms with Gasteiger partial charge in [0.1, 0.15) is 11.3 Å². The Bertz CT molecular complexity index is 1730. The summed E-state index contributed by atoms with van der Waals surface area (Å²) in [5.41, 5.74) is 4.36. The van der Waals surface area contributed by atoms with Crippen LogP contribution in [0.5, 0.6) is 0 Å². The fourth-order valence-electron chi connectivity index (χ4n) is 4.36. The van der Waals surface area contributed by atoms with E-state index in [-0.39, 0.29) is 11.8 Å². The number of fused-ring (bicyclic) bond motifs is 1. The van der Waals surface area contributed by atoms with Crippen LogP contribution >= 0.6 is 11.6 Å². The second-order valence-corrected chi connectivity index (χ2v) is 10.5. The summed E-state index contributed by atoms with van der Waals surface area (Å²) in [4.78, 5) is 40.7. The first-order chi connectivity index (χ1) is 20.2. The van der Waals surface area contributed by atoms with E-state index in [1.165, 1.54) is 6.20 Å². The average molecular weight is 583 g/mol. The number of pyridine rings is 1. The number of rotatable bonds is 10. The van der Waals surface area contributed by atoms with Gasteiger partial charge >= 0.3 is 0 Å². The van der Waals surface area contributed by atoms with E-state index in [0.717, 1.165) is 24.0 Å². The van der Waals surface area contributed by atoms with E-state index in [1.54, 1.807) is 36.4 Å². The van der Waals surface area contributed by atoms with Crippen molar-refractivity contribution in [3.63, 3.8) is 0 Å². The minimum absolute atomic E-state index is 0.0522. The number of nitrogens with zero attached hydrogens (tertiary/aromatic N) is 5. The Morgan fingerprint density at radius 2 is 1.71 bits per heavy atom. The van der Waals surface area contributed by atoms with E-state index < -0.39 is 0 Å². The Kier molecular flexibility index (Phi) is 8.75. The quantitative estimate of drug-likeness (QED) is 0.186. The van der Waals surface area contributed by atoms with Gasteiger partial charge in [-0.3, -0.25) is 9.59 Å². The van der Waals surface area contributed by atoms with Gasteiger partial charge in [-0.05, 0) is 87.7 Å². The number of amides is 2. The maximum Gasteiger partial charge on any atom is 0.255 e. The molecule has 2 amide bonds. The Balaban J connectivity index is 1.23. The van der Waals surface area contributed by atoms with Crippen molar-refractivity contribution in [2.75, 3.05) is 36.6 Å². The molecule has 0 aliphatic heterocycles. The molecule has 3 heterocycles. The number of hydrogen-bond acceptors (Lipinski definition) is 7. The predicted octanol–water partition coefficient (Wildman–Crippen LogP) is 5.96. The molecule has 0 radical (unpaired) electrons. The maximum absolute atomic E-state index is 12.9. The third-order valence-electron chi connectivity index (χ3n) is 6.52. The molecule has 0 spiro atoms. The minimum Gasteiger partial charge on any atom is -0.336 e. The zero-order valence-corrected chi connectivity index (χ0v) is 24.3. The third kappa shape index (κ3) is 7.09. The third-order valence-corrected chi connectivity index (χ3v) is 6.80. The van der Waals surface area contributed by atoms with Gasteiger partial charge in [0.05, 0.1) is 16.9 Å². The van der Waals surface area contributed by atoms with E-state index >= 15 is 0 Å². The molecule has 0 fully saturated rings. The first-order valence-electron chi connectivity index (χ1n) is 13.4. The highest BCUT2D eigenvalue weighted by Crippen LogP contribution is 2.28. The summed E-state index contributed by atoms with van der Waals surface area (Å²) in [7, 11) is 5.88. The van der Waals surface area contributed by atoms with Crippen LogP contribution in [0.3, 0.4) is 0 Å². The molecule has 5 aromatic rings. The number of carbonyl (C=O) groups excluding carboxylic acids is 2. The normalized spacial score (nSPS) is 11.1. The summed E-state index contributed by atoms with van der Waals surface area (Å²) < 4.78 is 1.94. The van der Waals surface area contributed by atoms with E-state index in [9.17, 15) is 9.59 Å². The molecule has 3 aromatic heterocycles. The van der Waals surface area contributed by atoms with E-state index in [1.807, 2.05) is 67.1 Å². The number of nitrogens with one attached hydrogen (secondary N) is 3. The van der Waals surface area contributed by atoms with Gasteiger partial charge in [-0.1, -0.05) is 17.7 Å². The molecular weight excluding hydrogens is 552 g/mol. The standard InChI is InChI=1S/C31H31ClN8O2/c1-39(2)16-5-8-27(41)34-22-12-9-21(10-13-22)30(42)35-23-6-4-7-24(18-23)36-31-33-19-25(32)28(38-31)26-14-11-20-15-17-40(3)29(20)37-26/h4,6-7,9-15,17-19H,5,8,16H2,1-3H3,(H,34,41)(H,35,42)(H,33,36,38). The van der Waals surface area contributed by atoms with Crippen molar-refractivity contribution in [2.24, 2.45) is 7.05 Å². The molecule has 0 atom stereocenters. The van der Waals surface area contributed by atoms with E-state index in [2.05, 4.69) is 25.9 Å². The Morgan fingerprint density at radius 3 is 2.50 bits per heavy atom. The highest BCUT2D eigenvalue weighted by atomic mass is 35.5. The van der Waals surface area contributed by atoms with Gasteiger partial charge in [0, 0.05) is 47.7 Å². The van der Waals surface area contributed by atoms with Crippen LogP contribution in [0.4, 0.5) is 23.0 Å². The second-order valence-electron chi connectivity index (χ2n) is 10.1. The summed E-state index contributed by atoms with van der Waals surface area (Å²) in [6.07, 6.45) is 4.70. The van der Waals surface area contributed by atoms with Crippen molar-refractivity contribution in [3.05, 3.63) is 89.7 Å². The molecule has 0 unspecified atom stereocenters. The molecule has 0 saturated carbocycles. The summed E-state index contributed by atoms with van der Waals surface area (Å²) in [5.74, 6) is 0.0118. The van der Waals surface area contributed by atoms with Gasteiger partial charge in [0.15, 0.2) is 0 Å². The molecule has 0 saturated heterocycles. The fourth-order valence-corrected chi connectivity index (χ4v) is 4.55. The van der Waals surface area contributed by atoms with Crippen molar-refractivity contribution >= 4 is 57.5 Å². The van der Waals surface area contributed by atoms with E-state index in [0.29, 0.717) is 51.4 Å². The number of carbonyl (C=O) groups is 2. The van der Waals surface area contributed by atoms with Crippen molar-refractivity contribution in [1.29, 1.82) is 0 Å². The van der Waals surface area contributed by atoms with Crippen LogP contribution in [-0.4, -0.2) is 56.9 Å². The zero-order valence-electron chi connectivity index (χ0n) is 23.6. The largest absolute Gasteiger partial charge is 0.336 e. The second kappa shape index (κ2) is 12.8. The minimum atomic E-state index is -0.275. The Hall–Kier alpha value is -4.80. The molecule has 10 nitrogen and oxygen atoms in total. The summed E-state index contributed by atoms with van der Waals surface area (Å²) >= 11 is 6.43. The molecule has 0 bridgehead atoms. The number of aromatic nitrogens is 4. The van der Waals surface area contributed by atoms with Crippen molar-refractivity contribution < 1.29 is 9.59 Å². The van der Waals surface area contributed by atoms with Crippen LogP contribution in [0, 0.1) is 0 Å². The topological polar surface area (TPSA) is 117 Å². The van der Waals surface area contributed by atoms with Crippen LogP contribution in [0.15, 0.2) is 79.1 Å². The summed E-state index contributed by atoms with van der Waals surface area (Å²) in [6.45, 7) is 0.847. The van der Waals surface area contributed by atoms with Crippen LogP contribution in [-0.2, 0) is 11.8 Å². The average Bonchev–Trinajstić information content (AvgIpc) is 3.34. The molecule has 3 N–H and O–H groups in total. The first kappa shape index (κ1) is 28.7. The smallest absolute Gasteiger partial charge is 0.255 e. The molecule has 0 aliphatic rings. The van der Waals surface area contributed by atoms with Gasteiger partial charge in [0.2, 0.25) is 11.9 Å². The van der Waals surface area contributed by atoms with Gasteiger partial charge in [-0.25, -0.2) is 15.0 Å². The SMILES string of the molecule is CN(C)CCCC(=O)Nc1ccc(C(=O)Nc2cccc(Nc3ncc(Cl)c(-c4ccc5ccn(C)c5n4)n3)c2)cc1. The van der Waals surface area contributed by atoms with Crippen molar-refractivity contribution in [3.8, 4) is 11.4 Å². The fraction of sp³-hybridized carbons (Fsp3) is 0.194. The van der Waals surface area contributed by atoms with Gasteiger partial charge in [-0.15, -0.1) is 0 Å². The van der Waals surface area contributed by atoms with Crippen LogP contribution in [0.2, 0.25) is 5.02 Å². The number of benzene rings is 2.